The summed E-state index contributed by atoms with van der Waals surface area (Å²) in [5, 5.41) is 25.3. The highest BCUT2D eigenvalue weighted by molar-refractivity contribution is 6.45. The molecule has 5 N–H and O–H groups in total. The largest absolute Gasteiger partial charge is 0.480 e. The Hall–Kier alpha value is -1.28. The zero-order valence-corrected chi connectivity index (χ0v) is 10.6. The van der Waals surface area contributed by atoms with E-state index in [1.165, 1.54) is 6.82 Å². The fourth-order valence-corrected chi connectivity index (χ4v) is 1.02. The molecule has 0 saturated carbocycles. The molecule has 17 heavy (non-hydrogen) atoms. The summed E-state index contributed by atoms with van der Waals surface area (Å²) in [6, 6.07) is -1.65. The molecule has 0 unspecified atom stereocenters. The number of carbonyl (C=O) groups is 2. The number of carbonyl (C=O) groups excluding carboxylic acids is 1. The monoisotopic (exact) mass is 245 g/mol. The van der Waals surface area contributed by atoms with Gasteiger partial charge in [-0.15, -0.1) is 0 Å². The van der Waals surface area contributed by atoms with Gasteiger partial charge in [0.1, 0.15) is 6.04 Å². The predicted molar refractivity (Wildman–Crippen MR) is 64.7 cm³/mol. The zero-order valence-electron chi connectivity index (χ0n) is 10.6. The van der Waals surface area contributed by atoms with Crippen molar-refractivity contribution in [3.05, 3.63) is 0 Å². The van der Waals surface area contributed by atoms with Crippen LogP contribution in [-0.4, -0.2) is 47.3 Å². The molecule has 0 rings (SSSR count). The van der Waals surface area contributed by atoms with E-state index in [-0.39, 0.29) is 6.54 Å². The van der Waals surface area contributed by atoms with E-state index in [1.54, 1.807) is 20.8 Å². The van der Waals surface area contributed by atoms with E-state index in [1.807, 2.05) is 0 Å². The SMILES string of the molecule is CB(O)NC[C@H](NC(=O)NC(C)(C)C)C(=O)O. The average molecular weight is 245 g/mol. The quantitative estimate of drug-likeness (QED) is 0.409. The molecular weight excluding hydrogens is 225 g/mol. The van der Waals surface area contributed by atoms with Gasteiger partial charge in [-0.2, -0.15) is 0 Å². The Morgan fingerprint density at radius 1 is 1.35 bits per heavy atom. The van der Waals surface area contributed by atoms with Crippen LogP contribution in [0.2, 0.25) is 6.82 Å². The van der Waals surface area contributed by atoms with Crippen molar-refractivity contribution >= 4 is 19.1 Å². The first-order chi connectivity index (χ1) is 7.61. The van der Waals surface area contributed by atoms with Gasteiger partial charge in [-0.1, -0.05) is 0 Å². The van der Waals surface area contributed by atoms with Crippen LogP contribution in [0.5, 0.6) is 0 Å². The molecule has 2 amide bonds. The number of hydrogen-bond acceptors (Lipinski definition) is 4. The maximum atomic E-state index is 11.4. The third-order valence-corrected chi connectivity index (χ3v) is 1.71. The van der Waals surface area contributed by atoms with Crippen molar-refractivity contribution in [3.63, 3.8) is 0 Å². The number of hydrogen-bond donors (Lipinski definition) is 5. The Balaban J connectivity index is 4.26. The van der Waals surface area contributed by atoms with Crippen LogP contribution >= 0.6 is 0 Å². The number of carboxylic acids is 1. The Bertz CT molecular complexity index is 278. The Morgan fingerprint density at radius 2 is 1.88 bits per heavy atom. The summed E-state index contributed by atoms with van der Waals surface area (Å²) in [7, 11) is -0.829. The maximum Gasteiger partial charge on any atom is 0.373 e. The minimum atomic E-state index is -1.16. The van der Waals surface area contributed by atoms with Crippen LogP contribution < -0.4 is 15.9 Å². The molecule has 0 radical (unpaired) electrons. The molecular formula is C9H20BN3O4. The van der Waals surface area contributed by atoms with Crippen molar-refractivity contribution in [1.29, 1.82) is 0 Å². The second kappa shape index (κ2) is 6.46. The van der Waals surface area contributed by atoms with Crippen molar-refractivity contribution in [3.8, 4) is 0 Å². The van der Waals surface area contributed by atoms with Crippen LogP contribution in [0.25, 0.3) is 0 Å². The van der Waals surface area contributed by atoms with Gasteiger partial charge in [-0.05, 0) is 27.6 Å². The zero-order chi connectivity index (χ0) is 13.6. The topological polar surface area (TPSA) is 111 Å². The number of urea groups is 1. The van der Waals surface area contributed by atoms with E-state index in [0.29, 0.717) is 0 Å². The fraction of sp³-hybridized carbons (Fsp3) is 0.778. The van der Waals surface area contributed by atoms with E-state index in [2.05, 4.69) is 15.9 Å². The number of amides is 2. The van der Waals surface area contributed by atoms with Crippen LogP contribution in [0.15, 0.2) is 0 Å². The molecule has 0 aliphatic carbocycles. The van der Waals surface area contributed by atoms with E-state index in [4.69, 9.17) is 10.1 Å². The van der Waals surface area contributed by atoms with Crippen molar-refractivity contribution in [2.75, 3.05) is 6.54 Å². The van der Waals surface area contributed by atoms with Gasteiger partial charge in [0.2, 0.25) is 0 Å². The van der Waals surface area contributed by atoms with E-state index < -0.39 is 30.6 Å². The third-order valence-electron chi connectivity index (χ3n) is 1.71. The molecule has 0 aromatic heterocycles. The number of nitrogens with one attached hydrogen (secondary N) is 3. The predicted octanol–water partition coefficient (Wildman–Crippen LogP) is -0.763. The number of rotatable bonds is 5. The smallest absolute Gasteiger partial charge is 0.373 e. The summed E-state index contributed by atoms with van der Waals surface area (Å²) in [5.41, 5.74) is -0.440. The molecule has 1 atom stereocenters. The number of aliphatic carboxylic acids is 1. The Morgan fingerprint density at radius 3 is 2.24 bits per heavy atom. The van der Waals surface area contributed by atoms with Crippen molar-refractivity contribution < 1.29 is 19.7 Å². The van der Waals surface area contributed by atoms with Crippen molar-refractivity contribution in [2.24, 2.45) is 0 Å². The van der Waals surface area contributed by atoms with E-state index >= 15 is 0 Å². The minimum Gasteiger partial charge on any atom is -0.480 e. The molecule has 0 heterocycles. The first-order valence-corrected chi connectivity index (χ1v) is 5.35. The molecule has 98 valence electrons. The minimum absolute atomic E-state index is 0.0510. The highest BCUT2D eigenvalue weighted by Crippen LogP contribution is 1.97. The molecule has 0 aromatic rings. The summed E-state index contributed by atoms with van der Waals surface area (Å²) in [6.07, 6.45) is 0. The van der Waals surface area contributed by atoms with E-state index in [0.717, 1.165) is 0 Å². The summed E-state index contributed by atoms with van der Waals surface area (Å²) in [4.78, 5) is 22.3. The number of carboxylic acid groups (broad SMARTS) is 1. The molecule has 0 bridgehead atoms. The molecule has 0 fully saturated rings. The summed E-state index contributed by atoms with van der Waals surface area (Å²) in [5.74, 6) is -1.16. The van der Waals surface area contributed by atoms with Crippen LogP contribution in [0.3, 0.4) is 0 Å². The van der Waals surface area contributed by atoms with Crippen LogP contribution in [-0.2, 0) is 4.79 Å². The summed E-state index contributed by atoms with van der Waals surface area (Å²) >= 11 is 0. The lowest BCUT2D eigenvalue weighted by atomic mass is 9.88. The van der Waals surface area contributed by atoms with Crippen LogP contribution in [0, 0.1) is 0 Å². The van der Waals surface area contributed by atoms with Crippen LogP contribution in [0.1, 0.15) is 20.8 Å². The van der Waals surface area contributed by atoms with Gasteiger partial charge in [0.15, 0.2) is 0 Å². The molecule has 0 aromatic carbocycles. The van der Waals surface area contributed by atoms with Crippen LogP contribution in [0.4, 0.5) is 4.79 Å². The van der Waals surface area contributed by atoms with E-state index in [9.17, 15) is 9.59 Å². The average Bonchev–Trinajstić information content (AvgIpc) is 2.08. The lowest BCUT2D eigenvalue weighted by Crippen LogP contribution is -2.55. The standard InChI is InChI=1S/C9H20BN3O4/c1-9(2,3)13-8(16)12-6(7(14)15)5-11-10(4)17/h6,11,17H,5H2,1-4H3,(H,14,15)(H2,12,13,16)/t6-/m0/s1. The molecule has 0 aliphatic rings. The van der Waals surface area contributed by atoms with Gasteiger partial charge in [0.05, 0.1) is 0 Å². The maximum absolute atomic E-state index is 11.4. The molecule has 7 nitrogen and oxygen atoms in total. The third kappa shape index (κ3) is 8.52. The Kier molecular flexibility index (Phi) is 5.97. The second-order valence-electron chi connectivity index (χ2n) is 4.82. The molecule has 0 spiro atoms. The lowest BCUT2D eigenvalue weighted by molar-refractivity contribution is -0.139. The van der Waals surface area contributed by atoms with Gasteiger partial charge in [0, 0.05) is 12.1 Å². The van der Waals surface area contributed by atoms with Gasteiger partial charge >= 0.3 is 19.1 Å². The molecule has 8 heteroatoms. The Labute approximate surface area is 101 Å². The summed E-state index contributed by atoms with van der Waals surface area (Å²) < 4.78 is 0. The molecule has 0 saturated heterocycles. The fourth-order valence-electron chi connectivity index (χ4n) is 1.02. The highest BCUT2D eigenvalue weighted by Gasteiger charge is 2.22. The van der Waals surface area contributed by atoms with Crippen molar-refractivity contribution in [2.45, 2.75) is 39.2 Å². The first kappa shape index (κ1) is 15.7. The highest BCUT2D eigenvalue weighted by atomic mass is 16.4. The second-order valence-corrected chi connectivity index (χ2v) is 4.82. The lowest BCUT2D eigenvalue weighted by Gasteiger charge is -2.23. The van der Waals surface area contributed by atoms with Gasteiger partial charge < -0.3 is 26.0 Å². The normalized spacial score (nSPS) is 12.8. The van der Waals surface area contributed by atoms with Gasteiger partial charge in [-0.3, -0.25) is 0 Å². The summed E-state index contributed by atoms with van der Waals surface area (Å²) in [6.45, 7) is 6.78. The van der Waals surface area contributed by atoms with Crippen molar-refractivity contribution in [1.82, 2.24) is 15.9 Å². The molecule has 0 aliphatic heterocycles. The first-order valence-electron chi connectivity index (χ1n) is 5.35. The van der Waals surface area contributed by atoms with Gasteiger partial charge in [0.25, 0.3) is 0 Å². The van der Waals surface area contributed by atoms with Gasteiger partial charge in [-0.25, -0.2) is 9.59 Å².